The summed E-state index contributed by atoms with van der Waals surface area (Å²) in [4.78, 5) is 12.8. The molecule has 0 spiro atoms. The van der Waals surface area contributed by atoms with Gasteiger partial charge in [0.1, 0.15) is 17.2 Å². The summed E-state index contributed by atoms with van der Waals surface area (Å²) in [5.74, 6) is 5.71. The van der Waals surface area contributed by atoms with Crippen LogP contribution in [0.2, 0.25) is 0 Å². The number of nitrogens with one attached hydrogen (secondary N) is 1. The second-order valence-corrected chi connectivity index (χ2v) is 4.92. The van der Waals surface area contributed by atoms with E-state index in [1.807, 2.05) is 19.1 Å². The standard InChI is InChI=1S/C16H15NO3S/c1-2-20-14-8-4-3-7-13(14)17-16(19)15-12(6-5-10-18)9-11-21-15/h3-4,7-9,11,18H,2,10H2,1H3,(H,17,19). The quantitative estimate of drug-likeness (QED) is 0.854. The number of carbonyl (C=O) groups excluding carboxylic acids is 1. The van der Waals surface area contributed by atoms with Gasteiger partial charge in [0, 0.05) is 5.56 Å². The molecule has 0 atom stereocenters. The summed E-state index contributed by atoms with van der Waals surface area (Å²) in [6.07, 6.45) is 0. The van der Waals surface area contributed by atoms with Crippen LogP contribution in [0.3, 0.4) is 0 Å². The van der Waals surface area contributed by atoms with Crippen molar-refractivity contribution < 1.29 is 14.6 Å². The van der Waals surface area contributed by atoms with Gasteiger partial charge in [-0.1, -0.05) is 24.0 Å². The maximum Gasteiger partial charge on any atom is 0.267 e. The fraction of sp³-hybridized carbons (Fsp3) is 0.188. The maximum atomic E-state index is 12.3. The van der Waals surface area contributed by atoms with Gasteiger partial charge in [0.05, 0.1) is 12.3 Å². The predicted octanol–water partition coefficient (Wildman–Crippen LogP) is 2.74. The Morgan fingerprint density at radius 1 is 1.38 bits per heavy atom. The highest BCUT2D eigenvalue weighted by molar-refractivity contribution is 7.12. The Morgan fingerprint density at radius 2 is 2.19 bits per heavy atom. The van der Waals surface area contributed by atoms with Crippen molar-refractivity contribution >= 4 is 22.9 Å². The van der Waals surface area contributed by atoms with Gasteiger partial charge in [-0.2, -0.15) is 0 Å². The fourth-order valence-corrected chi connectivity index (χ4v) is 2.49. The number of carbonyl (C=O) groups is 1. The van der Waals surface area contributed by atoms with Crippen LogP contribution >= 0.6 is 11.3 Å². The lowest BCUT2D eigenvalue weighted by atomic mass is 10.2. The lowest BCUT2D eigenvalue weighted by Crippen LogP contribution is -2.12. The van der Waals surface area contributed by atoms with Gasteiger partial charge in [0.15, 0.2) is 0 Å². The van der Waals surface area contributed by atoms with E-state index in [0.29, 0.717) is 28.5 Å². The van der Waals surface area contributed by atoms with Gasteiger partial charge in [-0.05, 0) is 30.5 Å². The SMILES string of the molecule is CCOc1ccccc1NC(=O)c1sccc1C#CCO. The van der Waals surface area contributed by atoms with E-state index < -0.39 is 0 Å². The lowest BCUT2D eigenvalue weighted by molar-refractivity contribution is 0.103. The van der Waals surface area contributed by atoms with Crippen LogP contribution in [-0.4, -0.2) is 24.2 Å². The van der Waals surface area contributed by atoms with Crippen LogP contribution in [0.25, 0.3) is 0 Å². The smallest absolute Gasteiger partial charge is 0.267 e. The number of aliphatic hydroxyl groups excluding tert-OH is 1. The second-order valence-electron chi connectivity index (χ2n) is 4.01. The number of hydrogen-bond acceptors (Lipinski definition) is 4. The lowest BCUT2D eigenvalue weighted by Gasteiger charge is -2.10. The van der Waals surface area contributed by atoms with Crippen molar-refractivity contribution in [3.8, 4) is 17.6 Å². The summed E-state index contributed by atoms with van der Waals surface area (Å²) in [5.41, 5.74) is 1.24. The van der Waals surface area contributed by atoms with Crippen molar-refractivity contribution in [2.45, 2.75) is 6.92 Å². The molecule has 1 aromatic carbocycles. The minimum Gasteiger partial charge on any atom is -0.492 e. The molecule has 0 aliphatic rings. The summed E-state index contributed by atoms with van der Waals surface area (Å²) >= 11 is 1.31. The molecule has 2 aromatic rings. The van der Waals surface area contributed by atoms with Gasteiger partial charge >= 0.3 is 0 Å². The van der Waals surface area contributed by atoms with E-state index in [-0.39, 0.29) is 12.5 Å². The van der Waals surface area contributed by atoms with Gasteiger partial charge in [-0.25, -0.2) is 0 Å². The van der Waals surface area contributed by atoms with Crippen molar-refractivity contribution in [2.24, 2.45) is 0 Å². The van der Waals surface area contributed by atoms with Crippen molar-refractivity contribution in [3.05, 3.63) is 46.2 Å². The molecule has 1 amide bonds. The first kappa shape index (κ1) is 15.1. The van der Waals surface area contributed by atoms with Crippen LogP contribution in [-0.2, 0) is 0 Å². The molecule has 5 heteroatoms. The molecule has 1 heterocycles. The largest absolute Gasteiger partial charge is 0.492 e. The van der Waals surface area contributed by atoms with Gasteiger partial charge in [-0.3, -0.25) is 4.79 Å². The number of thiophene rings is 1. The molecule has 2 rings (SSSR count). The summed E-state index contributed by atoms with van der Waals surface area (Å²) in [6.45, 7) is 2.18. The van der Waals surface area contributed by atoms with Crippen LogP contribution in [0.5, 0.6) is 5.75 Å². The Hall–Kier alpha value is -2.29. The Bertz CT molecular complexity index is 682. The van der Waals surface area contributed by atoms with Crippen molar-refractivity contribution in [2.75, 3.05) is 18.5 Å². The Kier molecular flexibility index (Phi) is 5.38. The monoisotopic (exact) mass is 301 g/mol. The van der Waals surface area contributed by atoms with Crippen molar-refractivity contribution in [3.63, 3.8) is 0 Å². The molecule has 2 N–H and O–H groups in total. The van der Waals surface area contributed by atoms with E-state index in [4.69, 9.17) is 9.84 Å². The van der Waals surface area contributed by atoms with E-state index in [2.05, 4.69) is 17.2 Å². The minimum absolute atomic E-state index is 0.232. The van der Waals surface area contributed by atoms with E-state index in [0.717, 1.165) is 0 Å². The van der Waals surface area contributed by atoms with Gasteiger partial charge in [0.2, 0.25) is 0 Å². The third-order valence-electron chi connectivity index (χ3n) is 2.61. The molecule has 0 aliphatic heterocycles. The predicted molar refractivity (Wildman–Crippen MR) is 83.8 cm³/mol. The number of rotatable bonds is 4. The fourth-order valence-electron chi connectivity index (χ4n) is 1.75. The number of amides is 1. The average Bonchev–Trinajstić information content (AvgIpc) is 2.96. The van der Waals surface area contributed by atoms with Crippen LogP contribution in [0, 0.1) is 11.8 Å². The molecular weight excluding hydrogens is 286 g/mol. The zero-order valence-electron chi connectivity index (χ0n) is 11.6. The maximum absolute atomic E-state index is 12.3. The molecule has 0 radical (unpaired) electrons. The number of anilines is 1. The zero-order valence-corrected chi connectivity index (χ0v) is 12.4. The van der Waals surface area contributed by atoms with E-state index in [1.54, 1.807) is 23.6 Å². The van der Waals surface area contributed by atoms with Gasteiger partial charge < -0.3 is 15.2 Å². The normalized spacial score (nSPS) is 9.62. The summed E-state index contributed by atoms with van der Waals surface area (Å²) < 4.78 is 5.48. The number of aliphatic hydroxyl groups is 1. The molecule has 4 nitrogen and oxygen atoms in total. The summed E-state index contributed by atoms with van der Waals surface area (Å²) in [6, 6.07) is 9.04. The van der Waals surface area contributed by atoms with Crippen LogP contribution in [0.1, 0.15) is 22.2 Å². The molecule has 0 fully saturated rings. The van der Waals surface area contributed by atoms with E-state index >= 15 is 0 Å². The molecule has 0 saturated heterocycles. The topological polar surface area (TPSA) is 58.6 Å². The minimum atomic E-state index is -0.237. The number of benzene rings is 1. The van der Waals surface area contributed by atoms with Crippen LogP contribution in [0.15, 0.2) is 35.7 Å². The third kappa shape index (κ3) is 3.85. The Labute approximate surface area is 127 Å². The van der Waals surface area contributed by atoms with Gasteiger partial charge in [-0.15, -0.1) is 11.3 Å². The van der Waals surface area contributed by atoms with Crippen molar-refractivity contribution in [1.82, 2.24) is 0 Å². The number of hydrogen-bond donors (Lipinski definition) is 2. The molecule has 0 aliphatic carbocycles. The van der Waals surface area contributed by atoms with Crippen molar-refractivity contribution in [1.29, 1.82) is 0 Å². The Morgan fingerprint density at radius 3 is 2.95 bits per heavy atom. The number of ether oxygens (including phenoxy) is 1. The zero-order chi connectivity index (χ0) is 15.1. The van der Waals surface area contributed by atoms with E-state index in [9.17, 15) is 4.79 Å². The third-order valence-corrected chi connectivity index (χ3v) is 3.52. The molecule has 0 bridgehead atoms. The highest BCUT2D eigenvalue weighted by atomic mass is 32.1. The second kappa shape index (κ2) is 7.48. The molecule has 108 valence electrons. The van der Waals surface area contributed by atoms with Gasteiger partial charge in [0.25, 0.3) is 5.91 Å². The van der Waals surface area contributed by atoms with E-state index in [1.165, 1.54) is 11.3 Å². The molecule has 0 saturated carbocycles. The highest BCUT2D eigenvalue weighted by Gasteiger charge is 2.14. The molecule has 21 heavy (non-hydrogen) atoms. The first-order valence-electron chi connectivity index (χ1n) is 6.46. The number of para-hydroxylation sites is 2. The first-order chi connectivity index (χ1) is 10.3. The molecule has 0 unspecified atom stereocenters. The molecule has 1 aromatic heterocycles. The highest BCUT2D eigenvalue weighted by Crippen LogP contribution is 2.25. The molecular formula is C16H15NO3S. The average molecular weight is 301 g/mol. The first-order valence-corrected chi connectivity index (χ1v) is 7.34. The van der Waals surface area contributed by atoms with Crippen LogP contribution < -0.4 is 10.1 Å². The Balaban J connectivity index is 2.21. The summed E-state index contributed by atoms with van der Waals surface area (Å²) in [7, 11) is 0. The van der Waals surface area contributed by atoms with Crippen LogP contribution in [0.4, 0.5) is 5.69 Å². The summed E-state index contributed by atoms with van der Waals surface area (Å²) in [5, 5.41) is 13.4.